The van der Waals surface area contributed by atoms with E-state index in [-0.39, 0.29) is 5.91 Å². The zero-order chi connectivity index (χ0) is 20.4. The van der Waals surface area contributed by atoms with E-state index in [4.69, 9.17) is 0 Å². The number of amides is 1. The SMILES string of the molecule is C=C/C=C(\C=C/C)C(=O)N1CCC[C@@H](c2cncs2)C1.CC.CC.CC. The molecule has 2 heterocycles. The van der Waals surface area contributed by atoms with Gasteiger partial charge < -0.3 is 4.90 Å². The van der Waals surface area contributed by atoms with Crippen LogP contribution in [-0.2, 0) is 4.79 Å². The van der Waals surface area contributed by atoms with Gasteiger partial charge in [-0.3, -0.25) is 9.78 Å². The van der Waals surface area contributed by atoms with Crippen LogP contribution in [0.15, 0.2) is 48.2 Å². The van der Waals surface area contributed by atoms with Crippen LogP contribution in [0.1, 0.15) is 72.1 Å². The van der Waals surface area contributed by atoms with Gasteiger partial charge in [-0.2, -0.15) is 0 Å². The van der Waals surface area contributed by atoms with Crippen molar-refractivity contribution in [2.75, 3.05) is 13.1 Å². The second-order valence-corrected chi connectivity index (χ2v) is 5.77. The number of hydrogen-bond donors (Lipinski definition) is 0. The van der Waals surface area contributed by atoms with E-state index in [1.807, 2.05) is 77.2 Å². The molecule has 1 saturated heterocycles. The summed E-state index contributed by atoms with van der Waals surface area (Å²) in [7, 11) is 0. The summed E-state index contributed by atoms with van der Waals surface area (Å²) < 4.78 is 0. The average Bonchev–Trinajstić information content (AvgIpc) is 3.27. The highest BCUT2D eigenvalue weighted by Gasteiger charge is 2.26. The van der Waals surface area contributed by atoms with Crippen LogP contribution in [0.5, 0.6) is 0 Å². The second kappa shape index (κ2) is 18.1. The lowest BCUT2D eigenvalue weighted by molar-refractivity contribution is -0.127. The number of likely N-dealkylation sites (tertiary alicyclic amines) is 1. The molecule has 0 aromatic carbocycles. The van der Waals surface area contributed by atoms with Gasteiger partial charge in [-0.25, -0.2) is 0 Å². The summed E-state index contributed by atoms with van der Waals surface area (Å²) in [5.74, 6) is 0.521. The fourth-order valence-electron chi connectivity index (χ4n) is 2.51. The van der Waals surface area contributed by atoms with Gasteiger partial charge in [0.25, 0.3) is 5.91 Å². The maximum absolute atomic E-state index is 12.5. The van der Waals surface area contributed by atoms with Crippen LogP contribution >= 0.6 is 11.3 Å². The second-order valence-electron chi connectivity index (χ2n) is 4.85. The Balaban J connectivity index is 0. The van der Waals surface area contributed by atoms with Crippen LogP contribution in [0.4, 0.5) is 0 Å². The smallest absolute Gasteiger partial charge is 0.253 e. The Labute approximate surface area is 165 Å². The van der Waals surface area contributed by atoms with Gasteiger partial charge >= 0.3 is 0 Å². The Kier molecular flexibility index (Phi) is 18.5. The number of aromatic nitrogens is 1. The molecule has 4 heteroatoms. The molecule has 1 aromatic rings. The van der Waals surface area contributed by atoms with Crippen molar-refractivity contribution in [3.63, 3.8) is 0 Å². The molecule has 148 valence electrons. The zero-order valence-electron chi connectivity index (χ0n) is 17.8. The minimum absolute atomic E-state index is 0.0946. The van der Waals surface area contributed by atoms with Gasteiger partial charge in [0.1, 0.15) is 0 Å². The van der Waals surface area contributed by atoms with Crippen LogP contribution < -0.4 is 0 Å². The van der Waals surface area contributed by atoms with Crippen molar-refractivity contribution in [2.24, 2.45) is 0 Å². The number of hydrogen-bond acceptors (Lipinski definition) is 3. The molecular weight excluding hydrogens is 340 g/mol. The van der Waals surface area contributed by atoms with E-state index >= 15 is 0 Å². The van der Waals surface area contributed by atoms with E-state index < -0.39 is 0 Å². The summed E-state index contributed by atoms with van der Waals surface area (Å²) in [5, 5.41) is 0. The Hall–Kier alpha value is -1.68. The van der Waals surface area contributed by atoms with Gasteiger partial charge in [-0.1, -0.05) is 72.4 Å². The molecule has 1 fully saturated rings. The fourth-order valence-corrected chi connectivity index (χ4v) is 3.26. The lowest BCUT2D eigenvalue weighted by Gasteiger charge is -2.32. The summed E-state index contributed by atoms with van der Waals surface area (Å²) in [6.45, 7) is 19.2. The lowest BCUT2D eigenvalue weighted by Crippen LogP contribution is -2.39. The minimum atomic E-state index is 0.0946. The quantitative estimate of drug-likeness (QED) is 0.436. The first-order valence-corrected chi connectivity index (χ1v) is 10.8. The standard InChI is InChI=1S/C16H20N2OS.3C2H6/c1-3-6-13(7-4-2)16(19)18-9-5-8-14(11-18)15-10-17-12-20-15;3*1-2/h3-4,6-7,10,12,14H,1,5,8-9,11H2,2H3;3*1-2H3/b7-4-,13-6+;;;/t14-;;;/m1.../s1. The van der Waals surface area contributed by atoms with Crippen molar-refractivity contribution in [3.05, 3.63) is 53.0 Å². The van der Waals surface area contributed by atoms with Crippen LogP contribution in [0.3, 0.4) is 0 Å². The molecular formula is C22H38N2OS. The van der Waals surface area contributed by atoms with Crippen LogP contribution in [0.2, 0.25) is 0 Å². The number of thiazole rings is 1. The highest BCUT2D eigenvalue weighted by Crippen LogP contribution is 2.29. The molecule has 1 aromatic heterocycles. The first-order valence-electron chi connectivity index (χ1n) is 9.89. The first-order chi connectivity index (χ1) is 12.8. The van der Waals surface area contributed by atoms with Crippen molar-refractivity contribution in [1.82, 2.24) is 9.88 Å². The molecule has 0 aliphatic carbocycles. The molecule has 3 nitrogen and oxygen atoms in total. The van der Waals surface area contributed by atoms with Gasteiger partial charge in [0.2, 0.25) is 0 Å². The van der Waals surface area contributed by atoms with E-state index in [0.29, 0.717) is 11.5 Å². The highest BCUT2D eigenvalue weighted by molar-refractivity contribution is 7.09. The largest absolute Gasteiger partial charge is 0.338 e. The Morgan fingerprint density at radius 1 is 1.27 bits per heavy atom. The monoisotopic (exact) mass is 378 g/mol. The van der Waals surface area contributed by atoms with Gasteiger partial charge in [0.05, 0.1) is 5.51 Å². The van der Waals surface area contributed by atoms with Gasteiger partial charge in [0, 0.05) is 35.7 Å². The minimum Gasteiger partial charge on any atom is -0.338 e. The maximum atomic E-state index is 12.5. The van der Waals surface area contributed by atoms with E-state index in [9.17, 15) is 4.79 Å². The summed E-state index contributed by atoms with van der Waals surface area (Å²) in [4.78, 5) is 19.9. The third-order valence-corrected chi connectivity index (χ3v) is 4.39. The molecule has 0 N–H and O–H groups in total. The number of carbonyl (C=O) groups is 1. The molecule has 0 bridgehead atoms. The number of allylic oxidation sites excluding steroid dienone is 3. The third kappa shape index (κ3) is 9.14. The summed E-state index contributed by atoms with van der Waals surface area (Å²) in [6, 6.07) is 0. The summed E-state index contributed by atoms with van der Waals surface area (Å²) >= 11 is 1.68. The van der Waals surface area contributed by atoms with Crippen molar-refractivity contribution in [2.45, 2.75) is 67.2 Å². The molecule has 1 atom stereocenters. The molecule has 0 radical (unpaired) electrons. The predicted octanol–water partition coefficient (Wildman–Crippen LogP) is 6.62. The van der Waals surface area contributed by atoms with Crippen molar-refractivity contribution in [3.8, 4) is 0 Å². The molecule has 1 aliphatic heterocycles. The van der Waals surface area contributed by atoms with Crippen LogP contribution in [0, 0.1) is 0 Å². The number of nitrogens with zero attached hydrogens (tertiary/aromatic N) is 2. The van der Waals surface area contributed by atoms with E-state index in [1.165, 1.54) is 4.88 Å². The van der Waals surface area contributed by atoms with E-state index in [0.717, 1.165) is 25.9 Å². The molecule has 0 saturated carbocycles. The van der Waals surface area contributed by atoms with Gasteiger partial charge in [0.15, 0.2) is 0 Å². The lowest BCUT2D eigenvalue weighted by atomic mass is 9.96. The van der Waals surface area contributed by atoms with Crippen LogP contribution in [0.25, 0.3) is 0 Å². The van der Waals surface area contributed by atoms with Crippen molar-refractivity contribution < 1.29 is 4.79 Å². The van der Waals surface area contributed by atoms with Gasteiger partial charge in [-0.05, 0) is 19.8 Å². The van der Waals surface area contributed by atoms with Crippen LogP contribution in [-0.4, -0.2) is 28.9 Å². The topological polar surface area (TPSA) is 33.2 Å². The molecule has 2 rings (SSSR count). The summed E-state index contributed by atoms with van der Waals surface area (Å²) in [5.41, 5.74) is 2.56. The average molecular weight is 379 g/mol. The summed E-state index contributed by atoms with van der Waals surface area (Å²) in [6.07, 6.45) is 11.3. The van der Waals surface area contributed by atoms with Crippen molar-refractivity contribution in [1.29, 1.82) is 0 Å². The number of rotatable bonds is 4. The molecule has 0 spiro atoms. The van der Waals surface area contributed by atoms with Crippen molar-refractivity contribution >= 4 is 17.2 Å². The van der Waals surface area contributed by atoms with E-state index in [2.05, 4.69) is 11.6 Å². The van der Waals surface area contributed by atoms with E-state index in [1.54, 1.807) is 23.5 Å². The normalized spacial score (nSPS) is 16.3. The predicted molar refractivity (Wildman–Crippen MR) is 118 cm³/mol. The maximum Gasteiger partial charge on any atom is 0.253 e. The number of piperidine rings is 1. The zero-order valence-corrected chi connectivity index (χ0v) is 18.6. The highest BCUT2D eigenvalue weighted by atomic mass is 32.1. The fraction of sp³-hybridized carbons (Fsp3) is 0.545. The number of carbonyl (C=O) groups excluding carboxylic acids is 1. The first kappa shape index (κ1) is 26.5. The molecule has 0 unspecified atom stereocenters. The molecule has 26 heavy (non-hydrogen) atoms. The molecule has 1 amide bonds. The van der Waals surface area contributed by atoms with Gasteiger partial charge in [-0.15, -0.1) is 11.3 Å². The molecule has 1 aliphatic rings. The Morgan fingerprint density at radius 2 is 1.92 bits per heavy atom. The Bertz CT molecular complexity index is 518. The third-order valence-electron chi connectivity index (χ3n) is 3.45. The Morgan fingerprint density at radius 3 is 2.42 bits per heavy atom.